The van der Waals surface area contributed by atoms with E-state index in [0.717, 1.165) is 32.2 Å². The van der Waals surface area contributed by atoms with Gasteiger partial charge in [0.25, 0.3) is 0 Å². The van der Waals surface area contributed by atoms with Crippen molar-refractivity contribution in [1.29, 1.82) is 0 Å². The third-order valence-corrected chi connectivity index (χ3v) is 5.07. The van der Waals surface area contributed by atoms with Crippen LogP contribution in [-0.2, 0) is 9.59 Å². The predicted octanol–water partition coefficient (Wildman–Crippen LogP) is 1.96. The molecule has 0 saturated carbocycles. The molecule has 2 aliphatic heterocycles. The number of carbonyl (C=O) groups is 2. The molecule has 21 heavy (non-hydrogen) atoms. The van der Waals surface area contributed by atoms with E-state index in [1.165, 1.54) is 6.42 Å². The summed E-state index contributed by atoms with van der Waals surface area (Å²) in [6, 6.07) is -0.275. The van der Waals surface area contributed by atoms with Crippen LogP contribution >= 0.6 is 0 Å². The SMILES string of the molecule is CC1CCCCN1C(=O)CN1CCCC(C)(C)C1C(=O)O. The summed E-state index contributed by atoms with van der Waals surface area (Å²) in [6.07, 6.45) is 5.15. The zero-order chi connectivity index (χ0) is 15.6. The zero-order valence-corrected chi connectivity index (χ0v) is 13.5. The molecule has 5 nitrogen and oxygen atoms in total. The molecule has 5 heteroatoms. The highest BCUT2D eigenvalue weighted by Gasteiger charge is 2.43. The molecule has 2 rings (SSSR count). The highest BCUT2D eigenvalue weighted by atomic mass is 16.4. The van der Waals surface area contributed by atoms with E-state index in [2.05, 4.69) is 6.92 Å². The number of piperidine rings is 2. The van der Waals surface area contributed by atoms with Gasteiger partial charge in [0.1, 0.15) is 6.04 Å². The molecular weight excluding hydrogens is 268 g/mol. The Bertz CT molecular complexity index is 408. The molecule has 2 heterocycles. The van der Waals surface area contributed by atoms with Crippen molar-refractivity contribution in [3.63, 3.8) is 0 Å². The van der Waals surface area contributed by atoms with Crippen LogP contribution in [0, 0.1) is 5.41 Å². The normalized spacial score (nSPS) is 30.1. The van der Waals surface area contributed by atoms with Gasteiger partial charge >= 0.3 is 5.97 Å². The van der Waals surface area contributed by atoms with E-state index in [0.29, 0.717) is 6.54 Å². The summed E-state index contributed by atoms with van der Waals surface area (Å²) in [4.78, 5) is 28.0. The summed E-state index contributed by atoms with van der Waals surface area (Å²) in [5.74, 6) is -0.717. The van der Waals surface area contributed by atoms with Gasteiger partial charge in [-0.05, 0) is 51.0 Å². The minimum Gasteiger partial charge on any atom is -0.480 e. The molecule has 2 aliphatic rings. The number of amides is 1. The average molecular weight is 296 g/mol. The lowest BCUT2D eigenvalue weighted by Gasteiger charge is -2.44. The lowest BCUT2D eigenvalue weighted by Crippen LogP contribution is -2.57. The Hall–Kier alpha value is -1.10. The molecule has 0 aromatic heterocycles. The molecule has 0 spiro atoms. The van der Waals surface area contributed by atoms with E-state index in [9.17, 15) is 14.7 Å². The maximum Gasteiger partial charge on any atom is 0.321 e. The minimum absolute atomic E-state index is 0.0890. The van der Waals surface area contributed by atoms with Crippen molar-refractivity contribution in [2.75, 3.05) is 19.6 Å². The molecule has 120 valence electrons. The highest BCUT2D eigenvalue weighted by Crippen LogP contribution is 2.35. The Labute approximate surface area is 127 Å². The van der Waals surface area contributed by atoms with Crippen LogP contribution in [0.5, 0.6) is 0 Å². The summed E-state index contributed by atoms with van der Waals surface area (Å²) < 4.78 is 0. The lowest BCUT2D eigenvalue weighted by atomic mass is 9.76. The van der Waals surface area contributed by atoms with Gasteiger partial charge in [0, 0.05) is 12.6 Å². The maximum atomic E-state index is 12.5. The molecule has 2 unspecified atom stereocenters. The second-order valence-corrected chi connectivity index (χ2v) is 7.24. The highest BCUT2D eigenvalue weighted by molar-refractivity contribution is 5.80. The molecular formula is C16H28N2O3. The molecule has 0 aliphatic carbocycles. The van der Waals surface area contributed by atoms with Crippen molar-refractivity contribution >= 4 is 11.9 Å². The van der Waals surface area contributed by atoms with Crippen LogP contribution in [0.2, 0.25) is 0 Å². The van der Waals surface area contributed by atoms with Crippen molar-refractivity contribution in [3.8, 4) is 0 Å². The van der Waals surface area contributed by atoms with Crippen LogP contribution in [0.4, 0.5) is 0 Å². The largest absolute Gasteiger partial charge is 0.480 e. The van der Waals surface area contributed by atoms with Gasteiger partial charge in [0.05, 0.1) is 6.54 Å². The van der Waals surface area contributed by atoms with Crippen LogP contribution in [0.3, 0.4) is 0 Å². The van der Waals surface area contributed by atoms with E-state index in [4.69, 9.17) is 0 Å². The van der Waals surface area contributed by atoms with Gasteiger partial charge in [-0.1, -0.05) is 13.8 Å². The smallest absolute Gasteiger partial charge is 0.321 e. The Kier molecular flexibility index (Phi) is 4.91. The van der Waals surface area contributed by atoms with Crippen LogP contribution < -0.4 is 0 Å². The van der Waals surface area contributed by atoms with Gasteiger partial charge < -0.3 is 10.0 Å². The first-order chi connectivity index (χ1) is 9.83. The number of carboxylic acids is 1. The first-order valence-electron chi connectivity index (χ1n) is 8.09. The third-order valence-electron chi connectivity index (χ3n) is 5.07. The van der Waals surface area contributed by atoms with Gasteiger partial charge in [-0.2, -0.15) is 0 Å². The quantitative estimate of drug-likeness (QED) is 0.865. The number of likely N-dealkylation sites (tertiary alicyclic amines) is 2. The van der Waals surface area contributed by atoms with Gasteiger partial charge in [0.2, 0.25) is 5.91 Å². The standard InChI is InChI=1S/C16H28N2O3/c1-12-7-4-5-10-18(12)13(19)11-17-9-6-8-16(2,3)14(17)15(20)21/h12,14H,4-11H2,1-3H3,(H,20,21). The second kappa shape index (κ2) is 6.34. The van der Waals surface area contributed by atoms with E-state index in [1.807, 2.05) is 23.6 Å². The fourth-order valence-corrected chi connectivity index (χ4v) is 3.89. The fraction of sp³-hybridized carbons (Fsp3) is 0.875. The third kappa shape index (κ3) is 3.57. The summed E-state index contributed by atoms with van der Waals surface area (Å²) in [5.41, 5.74) is -0.280. The van der Waals surface area contributed by atoms with E-state index in [1.54, 1.807) is 0 Å². The van der Waals surface area contributed by atoms with Gasteiger partial charge in [-0.3, -0.25) is 14.5 Å². The first-order valence-corrected chi connectivity index (χ1v) is 8.09. The van der Waals surface area contributed by atoms with E-state index < -0.39 is 12.0 Å². The molecule has 1 amide bonds. The lowest BCUT2D eigenvalue weighted by molar-refractivity contribution is -0.153. The van der Waals surface area contributed by atoms with Crippen molar-refractivity contribution in [2.24, 2.45) is 5.41 Å². The number of hydrogen-bond acceptors (Lipinski definition) is 3. The zero-order valence-electron chi connectivity index (χ0n) is 13.5. The topological polar surface area (TPSA) is 60.9 Å². The molecule has 2 fully saturated rings. The van der Waals surface area contributed by atoms with Crippen LogP contribution in [0.1, 0.15) is 52.9 Å². The number of aliphatic carboxylic acids is 1. The van der Waals surface area contributed by atoms with Gasteiger partial charge in [-0.25, -0.2) is 0 Å². The molecule has 0 bridgehead atoms. The maximum absolute atomic E-state index is 12.5. The van der Waals surface area contributed by atoms with Crippen LogP contribution in [0.25, 0.3) is 0 Å². The summed E-state index contributed by atoms with van der Waals surface area (Å²) in [7, 11) is 0. The first kappa shape index (κ1) is 16.3. The molecule has 0 radical (unpaired) electrons. The number of hydrogen-bond donors (Lipinski definition) is 1. The fourth-order valence-electron chi connectivity index (χ4n) is 3.89. The van der Waals surface area contributed by atoms with Crippen molar-refractivity contribution in [3.05, 3.63) is 0 Å². The van der Waals surface area contributed by atoms with Crippen LogP contribution in [0.15, 0.2) is 0 Å². The molecule has 1 N–H and O–H groups in total. The van der Waals surface area contributed by atoms with Gasteiger partial charge in [-0.15, -0.1) is 0 Å². The Balaban J connectivity index is 2.06. The average Bonchev–Trinajstić information content (AvgIpc) is 2.37. The van der Waals surface area contributed by atoms with Crippen molar-refractivity contribution in [1.82, 2.24) is 9.80 Å². The molecule has 2 saturated heterocycles. The summed E-state index contributed by atoms with van der Waals surface area (Å²) in [5, 5.41) is 9.55. The van der Waals surface area contributed by atoms with Crippen molar-refractivity contribution < 1.29 is 14.7 Å². The number of carbonyl (C=O) groups excluding carboxylic acids is 1. The van der Waals surface area contributed by atoms with Crippen molar-refractivity contribution in [2.45, 2.75) is 65.0 Å². The monoisotopic (exact) mass is 296 g/mol. The minimum atomic E-state index is -0.806. The summed E-state index contributed by atoms with van der Waals surface area (Å²) >= 11 is 0. The predicted molar refractivity (Wildman–Crippen MR) is 81.0 cm³/mol. The molecule has 0 aromatic rings. The second-order valence-electron chi connectivity index (χ2n) is 7.24. The van der Waals surface area contributed by atoms with E-state index >= 15 is 0 Å². The Morgan fingerprint density at radius 2 is 1.90 bits per heavy atom. The number of carboxylic acid groups (broad SMARTS) is 1. The van der Waals surface area contributed by atoms with Gasteiger partial charge in [0.15, 0.2) is 0 Å². The van der Waals surface area contributed by atoms with Crippen LogP contribution in [-0.4, -0.2) is 58.5 Å². The summed E-state index contributed by atoms with van der Waals surface area (Å²) in [6.45, 7) is 7.83. The number of rotatable bonds is 3. The molecule has 0 aromatic carbocycles. The Morgan fingerprint density at radius 1 is 1.19 bits per heavy atom. The number of nitrogens with zero attached hydrogens (tertiary/aromatic N) is 2. The van der Waals surface area contributed by atoms with E-state index in [-0.39, 0.29) is 23.9 Å². The molecule has 2 atom stereocenters. The Morgan fingerprint density at radius 3 is 2.52 bits per heavy atom.